The van der Waals surface area contributed by atoms with Gasteiger partial charge in [0, 0.05) is 12.1 Å². The van der Waals surface area contributed by atoms with Crippen LogP contribution in [-0.2, 0) is 4.79 Å². The molecule has 0 fully saturated rings. The second-order valence-electron chi connectivity index (χ2n) is 3.68. The third-order valence-electron chi connectivity index (χ3n) is 2.52. The number of hydrogen-bond acceptors (Lipinski definition) is 4. The van der Waals surface area contributed by atoms with Crippen LogP contribution in [0.1, 0.15) is 11.7 Å². The Bertz CT molecular complexity index is 409. The van der Waals surface area contributed by atoms with E-state index < -0.39 is 6.10 Å². The average molecular weight is 255 g/mol. The van der Waals surface area contributed by atoms with Crippen molar-refractivity contribution in [3.05, 3.63) is 23.8 Å². The van der Waals surface area contributed by atoms with Crippen molar-refractivity contribution >= 4 is 5.91 Å². The zero-order valence-corrected chi connectivity index (χ0v) is 10.6. The second kappa shape index (κ2) is 6.83. The molecule has 1 aromatic carbocycles. The maximum atomic E-state index is 11.1. The number of aliphatic hydroxyl groups excluding tert-OH is 1. The van der Waals surface area contributed by atoms with Crippen molar-refractivity contribution in [1.82, 2.24) is 5.32 Å². The lowest BCUT2D eigenvalue weighted by Gasteiger charge is -2.16. The molecule has 6 nitrogen and oxygen atoms in total. The normalized spacial score (nSPS) is 11.8. The number of methoxy groups -OCH3 is 2. The molecule has 0 heterocycles. The van der Waals surface area contributed by atoms with Gasteiger partial charge in [0.1, 0.15) is 11.5 Å². The van der Waals surface area contributed by atoms with Crippen molar-refractivity contribution in [2.75, 3.05) is 27.3 Å². The van der Waals surface area contributed by atoms with Crippen LogP contribution in [0.4, 0.5) is 0 Å². The first-order valence-electron chi connectivity index (χ1n) is 5.58. The predicted molar refractivity (Wildman–Crippen MR) is 65.3 cm³/mol. The first-order chi connectivity index (χ1) is 8.62. The summed E-state index contributed by atoms with van der Waals surface area (Å²) in [5.41, 5.74) is 4.03. The molecule has 0 bridgehead atoms. The summed E-state index contributed by atoms with van der Waals surface area (Å²) in [6.45, 7) is 0.250. The molecule has 0 aliphatic carbocycles. The second-order valence-corrected chi connectivity index (χ2v) is 3.68. The van der Waals surface area contributed by atoms with Crippen LogP contribution in [0.15, 0.2) is 18.2 Å². The van der Waals surface area contributed by atoms with Gasteiger partial charge in [-0.05, 0) is 18.2 Å². The van der Waals surface area contributed by atoms with E-state index in [9.17, 15) is 9.90 Å². The number of quaternary nitrogens is 1. The van der Waals surface area contributed by atoms with Crippen LogP contribution in [0, 0.1) is 0 Å². The number of nitrogens with one attached hydrogen (secondary N) is 1. The van der Waals surface area contributed by atoms with Crippen LogP contribution in [-0.4, -0.2) is 38.3 Å². The molecule has 0 aliphatic heterocycles. The van der Waals surface area contributed by atoms with E-state index >= 15 is 0 Å². The fourth-order valence-corrected chi connectivity index (χ4v) is 1.51. The molecule has 0 saturated heterocycles. The number of benzene rings is 1. The summed E-state index contributed by atoms with van der Waals surface area (Å²) in [7, 11) is 3.06. The standard InChI is InChI=1S/C12H18N2O4/c1-17-8-3-4-11(18-2)9(5-8)10(15)7-14-12(16)6-13/h3-5,10,15H,6-7,13H2,1-2H3,(H,14,16)/p+1. The Kier molecular flexibility index (Phi) is 5.41. The molecule has 0 aromatic heterocycles. The van der Waals surface area contributed by atoms with Gasteiger partial charge in [-0.15, -0.1) is 0 Å². The van der Waals surface area contributed by atoms with E-state index in [1.165, 1.54) is 7.11 Å². The van der Waals surface area contributed by atoms with Crippen LogP contribution >= 0.6 is 0 Å². The quantitative estimate of drug-likeness (QED) is 0.613. The van der Waals surface area contributed by atoms with E-state index in [0.29, 0.717) is 17.1 Å². The number of amides is 1. The molecule has 1 aromatic rings. The lowest BCUT2D eigenvalue weighted by molar-refractivity contribution is -0.355. The monoisotopic (exact) mass is 255 g/mol. The summed E-state index contributed by atoms with van der Waals surface area (Å²) in [5.74, 6) is 0.955. The number of aliphatic hydroxyl groups is 1. The van der Waals surface area contributed by atoms with Gasteiger partial charge in [-0.3, -0.25) is 4.79 Å². The van der Waals surface area contributed by atoms with E-state index in [4.69, 9.17) is 9.47 Å². The van der Waals surface area contributed by atoms with Crippen LogP contribution < -0.4 is 20.5 Å². The molecule has 1 rings (SSSR count). The van der Waals surface area contributed by atoms with E-state index in [1.54, 1.807) is 25.3 Å². The molecule has 1 amide bonds. The van der Waals surface area contributed by atoms with Crippen molar-refractivity contribution in [2.24, 2.45) is 0 Å². The highest BCUT2D eigenvalue weighted by atomic mass is 16.5. The fourth-order valence-electron chi connectivity index (χ4n) is 1.51. The Balaban J connectivity index is 2.82. The lowest BCUT2D eigenvalue weighted by atomic mass is 10.1. The van der Waals surface area contributed by atoms with E-state index in [-0.39, 0.29) is 19.0 Å². The Morgan fingerprint density at radius 2 is 2.17 bits per heavy atom. The highest BCUT2D eigenvalue weighted by molar-refractivity contribution is 5.76. The number of carbonyl (C=O) groups is 1. The molecule has 1 atom stereocenters. The Morgan fingerprint density at radius 3 is 2.72 bits per heavy atom. The maximum absolute atomic E-state index is 11.1. The van der Waals surface area contributed by atoms with Gasteiger partial charge in [0.25, 0.3) is 5.91 Å². The van der Waals surface area contributed by atoms with Gasteiger partial charge in [-0.25, -0.2) is 0 Å². The smallest absolute Gasteiger partial charge is 0.275 e. The summed E-state index contributed by atoms with van der Waals surface area (Å²) >= 11 is 0. The van der Waals surface area contributed by atoms with Gasteiger partial charge in [0.05, 0.1) is 20.3 Å². The summed E-state index contributed by atoms with van der Waals surface area (Å²) in [4.78, 5) is 11.1. The zero-order chi connectivity index (χ0) is 13.5. The Morgan fingerprint density at radius 1 is 1.44 bits per heavy atom. The molecule has 100 valence electrons. The first-order valence-corrected chi connectivity index (χ1v) is 5.58. The van der Waals surface area contributed by atoms with Crippen LogP contribution in [0.5, 0.6) is 11.5 Å². The average Bonchev–Trinajstić information content (AvgIpc) is 2.43. The number of carbonyl (C=O) groups excluding carboxylic acids is 1. The van der Waals surface area contributed by atoms with Gasteiger partial charge in [0.15, 0.2) is 6.54 Å². The summed E-state index contributed by atoms with van der Waals surface area (Å²) in [6.07, 6.45) is -0.856. The molecule has 1 unspecified atom stereocenters. The lowest BCUT2D eigenvalue weighted by Crippen LogP contribution is -2.57. The molecule has 0 radical (unpaired) electrons. The number of ether oxygens (including phenoxy) is 2. The molecule has 0 saturated carbocycles. The highest BCUT2D eigenvalue weighted by Gasteiger charge is 2.15. The SMILES string of the molecule is COc1ccc(OC)c(C(O)CNC(=O)C[NH3+])c1. The largest absolute Gasteiger partial charge is 0.497 e. The molecule has 5 N–H and O–H groups in total. The summed E-state index contributed by atoms with van der Waals surface area (Å²) in [6, 6.07) is 5.13. The topological polar surface area (TPSA) is 95.4 Å². The van der Waals surface area contributed by atoms with E-state index in [0.717, 1.165) is 0 Å². The van der Waals surface area contributed by atoms with Gasteiger partial charge in [-0.2, -0.15) is 0 Å². The third-order valence-corrected chi connectivity index (χ3v) is 2.52. The van der Waals surface area contributed by atoms with Crippen molar-refractivity contribution in [3.63, 3.8) is 0 Å². The van der Waals surface area contributed by atoms with E-state index in [1.807, 2.05) is 0 Å². The van der Waals surface area contributed by atoms with Crippen molar-refractivity contribution in [3.8, 4) is 11.5 Å². The minimum Gasteiger partial charge on any atom is -0.497 e. The maximum Gasteiger partial charge on any atom is 0.275 e. The molecule has 6 heteroatoms. The molecule has 18 heavy (non-hydrogen) atoms. The third kappa shape index (κ3) is 3.61. The molecule has 0 spiro atoms. The van der Waals surface area contributed by atoms with Gasteiger partial charge in [0.2, 0.25) is 0 Å². The zero-order valence-electron chi connectivity index (χ0n) is 10.6. The Labute approximate surface area is 106 Å². The first kappa shape index (κ1) is 14.3. The van der Waals surface area contributed by atoms with Crippen molar-refractivity contribution in [1.29, 1.82) is 0 Å². The minimum absolute atomic E-state index is 0.109. The van der Waals surface area contributed by atoms with Gasteiger partial charge >= 0.3 is 0 Å². The fraction of sp³-hybridized carbons (Fsp3) is 0.417. The molecular weight excluding hydrogens is 236 g/mol. The summed E-state index contributed by atoms with van der Waals surface area (Å²) < 4.78 is 10.2. The predicted octanol–water partition coefficient (Wildman–Crippen LogP) is -0.905. The molecular formula is C12H19N2O4+. The number of hydrogen-bond donors (Lipinski definition) is 3. The van der Waals surface area contributed by atoms with Gasteiger partial charge < -0.3 is 25.6 Å². The van der Waals surface area contributed by atoms with E-state index in [2.05, 4.69) is 11.1 Å². The highest BCUT2D eigenvalue weighted by Crippen LogP contribution is 2.28. The minimum atomic E-state index is -0.856. The van der Waals surface area contributed by atoms with Crippen LogP contribution in [0.3, 0.4) is 0 Å². The summed E-state index contributed by atoms with van der Waals surface area (Å²) in [5, 5.41) is 12.6. The van der Waals surface area contributed by atoms with Crippen molar-refractivity contribution in [2.45, 2.75) is 6.10 Å². The molecule has 0 aliphatic rings. The van der Waals surface area contributed by atoms with Crippen molar-refractivity contribution < 1.29 is 25.1 Å². The van der Waals surface area contributed by atoms with Crippen LogP contribution in [0.25, 0.3) is 0 Å². The van der Waals surface area contributed by atoms with Gasteiger partial charge in [-0.1, -0.05) is 0 Å². The van der Waals surface area contributed by atoms with Crippen LogP contribution in [0.2, 0.25) is 0 Å². The Hall–Kier alpha value is -1.79. The number of rotatable bonds is 6.